The summed E-state index contributed by atoms with van der Waals surface area (Å²) < 4.78 is 0. The molecule has 0 saturated carbocycles. The van der Waals surface area contributed by atoms with Gasteiger partial charge >= 0.3 is 0 Å². The van der Waals surface area contributed by atoms with Gasteiger partial charge < -0.3 is 11.1 Å². The molecule has 3 nitrogen and oxygen atoms in total. The first-order valence-electron chi connectivity index (χ1n) is 5.39. The highest BCUT2D eigenvalue weighted by atomic mass is 35.5. The monoisotopic (exact) mass is 239 g/mol. The molecule has 0 radical (unpaired) electrons. The minimum absolute atomic E-state index is 0.309. The Labute approximate surface area is 102 Å². The molecule has 0 atom stereocenters. The third kappa shape index (κ3) is 4.53. The first kappa shape index (κ1) is 12.8. The van der Waals surface area contributed by atoms with Crippen molar-refractivity contribution < 1.29 is 0 Å². The lowest BCUT2D eigenvalue weighted by Crippen LogP contribution is -2.36. The number of guanidine groups is 1. The fraction of sp³-hybridized carbons (Fsp3) is 0.417. The van der Waals surface area contributed by atoms with Gasteiger partial charge in [0.2, 0.25) is 0 Å². The fourth-order valence-corrected chi connectivity index (χ4v) is 1.57. The Balaban J connectivity index is 2.44. The number of halogens is 1. The Hall–Kier alpha value is -1.22. The predicted octanol–water partition coefficient (Wildman–Crippen LogP) is 2.20. The molecule has 0 aliphatic rings. The Morgan fingerprint density at radius 3 is 2.75 bits per heavy atom. The Morgan fingerprint density at radius 2 is 2.12 bits per heavy atom. The molecule has 1 rings (SSSR count). The molecule has 0 aliphatic carbocycles. The Morgan fingerprint density at radius 1 is 1.44 bits per heavy atom. The molecule has 0 saturated heterocycles. The topological polar surface area (TPSA) is 50.4 Å². The second-order valence-electron chi connectivity index (χ2n) is 3.91. The molecule has 0 aliphatic heterocycles. The zero-order valence-corrected chi connectivity index (χ0v) is 10.5. The van der Waals surface area contributed by atoms with Gasteiger partial charge in [0, 0.05) is 17.6 Å². The van der Waals surface area contributed by atoms with E-state index in [2.05, 4.69) is 10.3 Å². The van der Waals surface area contributed by atoms with Crippen LogP contribution in [0.1, 0.15) is 19.4 Å². The van der Waals surface area contributed by atoms with Crippen molar-refractivity contribution >= 4 is 17.6 Å². The number of benzene rings is 1. The van der Waals surface area contributed by atoms with Crippen LogP contribution in [-0.4, -0.2) is 18.5 Å². The van der Waals surface area contributed by atoms with Crippen LogP contribution in [-0.2, 0) is 6.42 Å². The summed E-state index contributed by atoms with van der Waals surface area (Å²) in [5.74, 6) is 0.488. The van der Waals surface area contributed by atoms with Gasteiger partial charge in [-0.1, -0.05) is 29.8 Å². The fourth-order valence-electron chi connectivity index (χ4n) is 1.34. The maximum Gasteiger partial charge on any atom is 0.188 e. The van der Waals surface area contributed by atoms with Crippen LogP contribution in [0.2, 0.25) is 5.02 Å². The third-order valence-electron chi connectivity index (χ3n) is 2.06. The summed E-state index contributed by atoms with van der Waals surface area (Å²) >= 11 is 6.03. The summed E-state index contributed by atoms with van der Waals surface area (Å²) in [4.78, 5) is 4.23. The largest absolute Gasteiger partial charge is 0.370 e. The highest BCUT2D eigenvalue weighted by molar-refractivity contribution is 6.31. The van der Waals surface area contributed by atoms with Gasteiger partial charge in [-0.05, 0) is 31.9 Å². The summed E-state index contributed by atoms with van der Waals surface area (Å²) in [6.07, 6.45) is 0.806. The van der Waals surface area contributed by atoms with E-state index in [1.807, 2.05) is 38.1 Å². The van der Waals surface area contributed by atoms with E-state index in [1.165, 1.54) is 0 Å². The first-order valence-corrected chi connectivity index (χ1v) is 5.77. The number of nitrogens with zero attached hydrogens (tertiary/aromatic N) is 1. The van der Waals surface area contributed by atoms with E-state index in [0.29, 0.717) is 18.5 Å². The van der Waals surface area contributed by atoms with Crippen LogP contribution in [0.5, 0.6) is 0 Å². The summed E-state index contributed by atoms with van der Waals surface area (Å²) in [7, 11) is 0. The van der Waals surface area contributed by atoms with Gasteiger partial charge in [-0.15, -0.1) is 0 Å². The number of rotatable bonds is 4. The molecule has 0 spiro atoms. The molecular formula is C12H18ClN3. The van der Waals surface area contributed by atoms with E-state index >= 15 is 0 Å². The van der Waals surface area contributed by atoms with Crippen LogP contribution in [0.3, 0.4) is 0 Å². The van der Waals surface area contributed by atoms with E-state index in [4.69, 9.17) is 17.3 Å². The minimum Gasteiger partial charge on any atom is -0.370 e. The summed E-state index contributed by atoms with van der Waals surface area (Å²) in [6.45, 7) is 4.70. The molecule has 4 heteroatoms. The summed E-state index contributed by atoms with van der Waals surface area (Å²) in [6, 6.07) is 8.09. The van der Waals surface area contributed by atoms with Crippen LogP contribution >= 0.6 is 11.6 Å². The van der Waals surface area contributed by atoms with Crippen LogP contribution in [0.15, 0.2) is 29.3 Å². The number of nitrogens with one attached hydrogen (secondary N) is 1. The molecule has 88 valence electrons. The molecule has 1 aromatic carbocycles. The van der Waals surface area contributed by atoms with E-state index in [0.717, 1.165) is 17.0 Å². The maximum absolute atomic E-state index is 6.03. The maximum atomic E-state index is 6.03. The van der Waals surface area contributed by atoms with Crippen molar-refractivity contribution in [2.75, 3.05) is 6.54 Å². The lowest BCUT2D eigenvalue weighted by molar-refractivity contribution is 0.723. The predicted molar refractivity (Wildman–Crippen MR) is 69.9 cm³/mol. The SMILES string of the molecule is CC(C)NC(N)=NCCc1ccccc1Cl. The first-order chi connectivity index (χ1) is 7.59. The zero-order valence-electron chi connectivity index (χ0n) is 9.70. The van der Waals surface area contributed by atoms with Crippen molar-refractivity contribution in [3.63, 3.8) is 0 Å². The van der Waals surface area contributed by atoms with Crippen molar-refractivity contribution in [3.05, 3.63) is 34.9 Å². The number of hydrogen-bond donors (Lipinski definition) is 2. The van der Waals surface area contributed by atoms with Crippen molar-refractivity contribution in [3.8, 4) is 0 Å². The molecule has 3 N–H and O–H groups in total. The third-order valence-corrected chi connectivity index (χ3v) is 2.43. The smallest absolute Gasteiger partial charge is 0.188 e. The highest BCUT2D eigenvalue weighted by Gasteiger charge is 1.98. The summed E-state index contributed by atoms with van der Waals surface area (Å²) in [5, 5.41) is 3.82. The van der Waals surface area contributed by atoms with Crippen molar-refractivity contribution in [2.45, 2.75) is 26.3 Å². The normalized spacial score (nSPS) is 11.9. The van der Waals surface area contributed by atoms with Crippen LogP contribution in [0.25, 0.3) is 0 Å². The molecular weight excluding hydrogens is 222 g/mol. The van der Waals surface area contributed by atoms with Crippen LogP contribution < -0.4 is 11.1 Å². The van der Waals surface area contributed by atoms with E-state index < -0.39 is 0 Å². The van der Waals surface area contributed by atoms with Gasteiger partial charge in [0.15, 0.2) is 5.96 Å². The van der Waals surface area contributed by atoms with Crippen LogP contribution in [0.4, 0.5) is 0 Å². The lowest BCUT2D eigenvalue weighted by atomic mass is 10.1. The molecule has 0 fully saturated rings. The van der Waals surface area contributed by atoms with Crippen molar-refractivity contribution in [1.82, 2.24) is 5.32 Å². The lowest BCUT2D eigenvalue weighted by Gasteiger charge is -2.08. The molecule has 1 aromatic rings. The number of aliphatic imine (C=N–C) groups is 1. The number of hydrogen-bond acceptors (Lipinski definition) is 1. The Kier molecular flexibility index (Phi) is 5.12. The zero-order chi connectivity index (χ0) is 12.0. The van der Waals surface area contributed by atoms with Gasteiger partial charge in [0.25, 0.3) is 0 Å². The summed E-state index contributed by atoms with van der Waals surface area (Å²) in [5.41, 5.74) is 6.78. The molecule has 0 amide bonds. The van der Waals surface area contributed by atoms with Gasteiger partial charge in [-0.2, -0.15) is 0 Å². The molecule has 0 unspecified atom stereocenters. The average molecular weight is 240 g/mol. The van der Waals surface area contributed by atoms with Crippen molar-refractivity contribution in [2.24, 2.45) is 10.7 Å². The molecule has 0 bridgehead atoms. The standard InChI is InChI=1S/C12H18ClN3/c1-9(2)16-12(14)15-8-7-10-5-3-4-6-11(10)13/h3-6,9H,7-8H2,1-2H3,(H3,14,15,16). The average Bonchev–Trinajstić information content (AvgIpc) is 2.19. The minimum atomic E-state index is 0.309. The quantitative estimate of drug-likeness (QED) is 0.625. The van der Waals surface area contributed by atoms with E-state index in [9.17, 15) is 0 Å². The van der Waals surface area contributed by atoms with Gasteiger partial charge in [-0.25, -0.2) is 0 Å². The second-order valence-corrected chi connectivity index (χ2v) is 4.31. The molecule has 0 heterocycles. The number of nitrogens with two attached hydrogens (primary N) is 1. The highest BCUT2D eigenvalue weighted by Crippen LogP contribution is 2.15. The molecule has 0 aromatic heterocycles. The van der Waals surface area contributed by atoms with Gasteiger partial charge in [-0.3, -0.25) is 4.99 Å². The van der Waals surface area contributed by atoms with E-state index in [-0.39, 0.29) is 0 Å². The van der Waals surface area contributed by atoms with Gasteiger partial charge in [0.05, 0.1) is 0 Å². The van der Waals surface area contributed by atoms with Gasteiger partial charge in [0.1, 0.15) is 0 Å². The second kappa shape index (κ2) is 6.38. The molecule has 16 heavy (non-hydrogen) atoms. The van der Waals surface area contributed by atoms with E-state index in [1.54, 1.807) is 0 Å². The van der Waals surface area contributed by atoms with Crippen LogP contribution in [0, 0.1) is 0 Å². The van der Waals surface area contributed by atoms with Crippen molar-refractivity contribution in [1.29, 1.82) is 0 Å². The Bertz CT molecular complexity index is 361.